The van der Waals surface area contributed by atoms with E-state index in [9.17, 15) is 4.79 Å². The van der Waals surface area contributed by atoms with Crippen molar-refractivity contribution in [2.75, 3.05) is 13.6 Å². The van der Waals surface area contributed by atoms with Crippen LogP contribution in [-0.2, 0) is 11.3 Å². The molecular formula is C15H25N2OS+. The lowest BCUT2D eigenvalue weighted by Gasteiger charge is -2.29. The van der Waals surface area contributed by atoms with Gasteiger partial charge < -0.3 is 10.2 Å². The average molecular weight is 281 g/mol. The number of nitrogens with one attached hydrogen (secondary N) is 2. The first-order chi connectivity index (χ1) is 9.15. The van der Waals surface area contributed by atoms with Crippen molar-refractivity contribution in [2.24, 2.45) is 5.92 Å². The quantitative estimate of drug-likeness (QED) is 0.842. The summed E-state index contributed by atoms with van der Waals surface area (Å²) in [5.41, 5.74) is 0. The number of rotatable bonds is 5. The Balaban J connectivity index is 1.74. The molecule has 1 aliphatic rings. The molecule has 1 saturated carbocycles. The average Bonchev–Trinajstić information content (AvgIpc) is 2.84. The number of likely N-dealkylation sites (N-methyl/N-ethyl adjacent to an activating group) is 1. The van der Waals surface area contributed by atoms with E-state index in [0.29, 0.717) is 18.5 Å². The molecule has 19 heavy (non-hydrogen) atoms. The predicted octanol–water partition coefficient (Wildman–Crippen LogP) is 1.46. The summed E-state index contributed by atoms with van der Waals surface area (Å²) in [5.74, 6) is 0.836. The highest BCUT2D eigenvalue weighted by atomic mass is 32.1. The van der Waals surface area contributed by atoms with E-state index in [4.69, 9.17) is 0 Å². The fraction of sp³-hybridized carbons (Fsp3) is 0.667. The molecule has 4 heteroatoms. The van der Waals surface area contributed by atoms with Crippen molar-refractivity contribution in [3.05, 3.63) is 22.4 Å². The molecule has 1 fully saturated rings. The van der Waals surface area contributed by atoms with Gasteiger partial charge in [-0.3, -0.25) is 4.79 Å². The molecule has 1 amide bonds. The predicted molar refractivity (Wildman–Crippen MR) is 79.3 cm³/mol. The Hall–Kier alpha value is -0.870. The molecule has 0 spiro atoms. The van der Waals surface area contributed by atoms with Gasteiger partial charge >= 0.3 is 0 Å². The summed E-state index contributed by atoms with van der Waals surface area (Å²) in [4.78, 5) is 14.7. The maximum absolute atomic E-state index is 12.1. The molecule has 1 unspecified atom stereocenters. The molecule has 1 aromatic rings. The van der Waals surface area contributed by atoms with E-state index in [0.717, 1.165) is 13.0 Å². The third-order valence-electron chi connectivity index (χ3n) is 3.98. The maximum Gasteiger partial charge on any atom is 0.275 e. The number of carbonyl (C=O) groups excluding carboxylic acids is 1. The minimum atomic E-state index is 0.202. The van der Waals surface area contributed by atoms with Crippen molar-refractivity contribution in [1.82, 2.24) is 5.32 Å². The van der Waals surface area contributed by atoms with Crippen LogP contribution in [-0.4, -0.2) is 25.5 Å². The molecular weight excluding hydrogens is 256 g/mol. The Labute approximate surface area is 120 Å². The molecule has 0 radical (unpaired) electrons. The van der Waals surface area contributed by atoms with E-state index in [1.165, 1.54) is 29.0 Å². The minimum Gasteiger partial charge on any atom is -0.348 e. The zero-order valence-corrected chi connectivity index (χ0v) is 12.8. The van der Waals surface area contributed by atoms with Gasteiger partial charge in [0.15, 0.2) is 6.54 Å². The number of thiophene rings is 1. The first kappa shape index (κ1) is 14.5. The molecule has 0 saturated heterocycles. The molecule has 1 heterocycles. The molecule has 3 nitrogen and oxygen atoms in total. The van der Waals surface area contributed by atoms with Crippen LogP contribution >= 0.6 is 11.3 Å². The highest BCUT2D eigenvalue weighted by molar-refractivity contribution is 7.09. The van der Waals surface area contributed by atoms with Gasteiger partial charge in [-0.15, -0.1) is 11.3 Å². The van der Waals surface area contributed by atoms with Gasteiger partial charge in [0, 0.05) is 6.04 Å². The van der Waals surface area contributed by atoms with E-state index < -0.39 is 0 Å². The van der Waals surface area contributed by atoms with E-state index >= 15 is 0 Å². The van der Waals surface area contributed by atoms with E-state index in [-0.39, 0.29) is 5.91 Å². The van der Waals surface area contributed by atoms with Gasteiger partial charge in [0.2, 0.25) is 0 Å². The van der Waals surface area contributed by atoms with Crippen molar-refractivity contribution in [3.63, 3.8) is 0 Å². The Morgan fingerprint density at radius 1 is 1.47 bits per heavy atom. The first-order valence-electron chi connectivity index (χ1n) is 7.28. The molecule has 0 aromatic carbocycles. The van der Waals surface area contributed by atoms with E-state index in [2.05, 4.69) is 36.8 Å². The van der Waals surface area contributed by atoms with E-state index in [1.807, 2.05) is 0 Å². The Bertz CT molecular complexity index is 391. The fourth-order valence-corrected chi connectivity index (χ4v) is 3.65. The summed E-state index contributed by atoms with van der Waals surface area (Å²) >= 11 is 1.76. The lowest BCUT2D eigenvalue weighted by molar-refractivity contribution is -0.885. The molecule has 1 aromatic heterocycles. The van der Waals surface area contributed by atoms with Crippen molar-refractivity contribution >= 4 is 17.2 Å². The summed E-state index contributed by atoms with van der Waals surface area (Å²) in [5, 5.41) is 5.31. The third-order valence-corrected chi connectivity index (χ3v) is 4.85. The topological polar surface area (TPSA) is 33.5 Å². The third kappa shape index (κ3) is 4.62. The summed E-state index contributed by atoms with van der Waals surface area (Å²) in [6.45, 7) is 3.76. The summed E-state index contributed by atoms with van der Waals surface area (Å²) in [6.07, 6.45) is 4.98. The summed E-state index contributed by atoms with van der Waals surface area (Å²) in [6, 6.07) is 4.60. The van der Waals surface area contributed by atoms with Gasteiger partial charge in [0.1, 0.15) is 6.54 Å². The SMILES string of the molecule is C[C@H]1CCCC[C@H]1NC(=O)C[NH+](C)Cc1cccs1. The second kappa shape index (κ2) is 7.06. The summed E-state index contributed by atoms with van der Waals surface area (Å²) < 4.78 is 0. The number of carbonyl (C=O) groups is 1. The van der Waals surface area contributed by atoms with Gasteiger partial charge in [-0.05, 0) is 30.2 Å². The molecule has 106 valence electrons. The van der Waals surface area contributed by atoms with Crippen molar-refractivity contribution in [2.45, 2.75) is 45.2 Å². The maximum atomic E-state index is 12.1. The molecule has 1 aliphatic carbocycles. The Kier molecular flexibility index (Phi) is 5.40. The van der Waals surface area contributed by atoms with E-state index in [1.54, 1.807) is 11.3 Å². The second-order valence-electron chi connectivity index (χ2n) is 5.83. The van der Waals surface area contributed by atoms with Crippen molar-refractivity contribution < 1.29 is 9.69 Å². The zero-order valence-electron chi connectivity index (χ0n) is 11.9. The van der Waals surface area contributed by atoms with Gasteiger partial charge in [0.25, 0.3) is 5.91 Å². The van der Waals surface area contributed by atoms with Gasteiger partial charge in [0.05, 0.1) is 11.9 Å². The summed E-state index contributed by atoms with van der Waals surface area (Å²) in [7, 11) is 2.09. The lowest BCUT2D eigenvalue weighted by atomic mass is 9.86. The van der Waals surface area contributed by atoms with Crippen LogP contribution in [0.1, 0.15) is 37.5 Å². The first-order valence-corrected chi connectivity index (χ1v) is 8.16. The molecule has 3 atom stereocenters. The van der Waals surface area contributed by atoms with Crippen LogP contribution < -0.4 is 10.2 Å². The van der Waals surface area contributed by atoms with Crippen LogP contribution in [0.3, 0.4) is 0 Å². The van der Waals surface area contributed by atoms with Crippen molar-refractivity contribution in [1.29, 1.82) is 0 Å². The minimum absolute atomic E-state index is 0.202. The lowest BCUT2D eigenvalue weighted by Crippen LogP contribution is -3.08. The zero-order chi connectivity index (χ0) is 13.7. The van der Waals surface area contributed by atoms with Gasteiger partial charge in [-0.2, -0.15) is 0 Å². The van der Waals surface area contributed by atoms with Gasteiger partial charge in [-0.1, -0.05) is 25.8 Å². The largest absolute Gasteiger partial charge is 0.348 e. The Morgan fingerprint density at radius 3 is 2.95 bits per heavy atom. The standard InChI is InChI=1S/C15H24N2OS/c1-12-6-3-4-8-14(12)16-15(18)11-17(2)10-13-7-5-9-19-13/h5,7,9,12,14H,3-4,6,8,10-11H2,1-2H3,(H,16,18)/p+1/t12-,14+/m0/s1. The van der Waals surface area contributed by atoms with Gasteiger partial charge in [-0.25, -0.2) is 0 Å². The molecule has 2 rings (SSSR count). The van der Waals surface area contributed by atoms with Crippen LogP contribution in [0.5, 0.6) is 0 Å². The second-order valence-corrected chi connectivity index (χ2v) is 6.86. The fourth-order valence-electron chi connectivity index (χ4n) is 2.84. The number of quaternary nitrogens is 1. The molecule has 0 bridgehead atoms. The number of hydrogen-bond donors (Lipinski definition) is 2. The van der Waals surface area contributed by atoms with Crippen LogP contribution in [0.4, 0.5) is 0 Å². The van der Waals surface area contributed by atoms with Crippen LogP contribution in [0.25, 0.3) is 0 Å². The normalized spacial score (nSPS) is 24.9. The van der Waals surface area contributed by atoms with Crippen LogP contribution in [0.15, 0.2) is 17.5 Å². The van der Waals surface area contributed by atoms with Crippen LogP contribution in [0, 0.1) is 5.92 Å². The number of hydrogen-bond acceptors (Lipinski definition) is 2. The van der Waals surface area contributed by atoms with Crippen LogP contribution in [0.2, 0.25) is 0 Å². The number of amides is 1. The molecule has 2 N–H and O–H groups in total. The highest BCUT2D eigenvalue weighted by Crippen LogP contribution is 2.23. The van der Waals surface area contributed by atoms with Crippen molar-refractivity contribution in [3.8, 4) is 0 Å². The molecule has 0 aliphatic heterocycles. The smallest absolute Gasteiger partial charge is 0.275 e. The monoisotopic (exact) mass is 281 g/mol. The Morgan fingerprint density at radius 2 is 2.26 bits per heavy atom. The highest BCUT2D eigenvalue weighted by Gasteiger charge is 2.23.